The highest BCUT2D eigenvalue weighted by molar-refractivity contribution is 5.86. The van der Waals surface area contributed by atoms with Crippen LogP contribution in [0.15, 0.2) is 0 Å². The van der Waals surface area contributed by atoms with Crippen molar-refractivity contribution >= 4 is 11.9 Å². The first kappa shape index (κ1) is 13.0. The summed E-state index contributed by atoms with van der Waals surface area (Å²) in [4.78, 5) is 24.6. The lowest BCUT2D eigenvalue weighted by molar-refractivity contribution is -0.144. The molecule has 0 radical (unpaired) electrons. The molecular weight excluding hydrogens is 208 g/mol. The van der Waals surface area contributed by atoms with Crippen LogP contribution in [-0.4, -0.2) is 48.1 Å². The lowest BCUT2D eigenvalue weighted by atomic mass is 9.88. The minimum atomic E-state index is -0.941. The Hall–Kier alpha value is -1.10. The van der Waals surface area contributed by atoms with Crippen LogP contribution in [0, 0.1) is 5.41 Å². The number of hydrogen-bond donors (Lipinski definition) is 2. The van der Waals surface area contributed by atoms with Gasteiger partial charge in [-0.15, -0.1) is 0 Å². The van der Waals surface area contributed by atoms with E-state index in [0.717, 1.165) is 19.5 Å². The lowest BCUT2D eigenvalue weighted by Gasteiger charge is -2.24. The smallest absolute Gasteiger partial charge is 0.304 e. The van der Waals surface area contributed by atoms with E-state index in [1.165, 1.54) is 0 Å². The number of aliphatic carboxylic acids is 1. The Bertz CT molecular complexity index is 289. The van der Waals surface area contributed by atoms with Gasteiger partial charge >= 0.3 is 5.97 Å². The molecule has 1 amide bonds. The van der Waals surface area contributed by atoms with Gasteiger partial charge in [-0.05, 0) is 20.0 Å². The summed E-state index contributed by atoms with van der Waals surface area (Å²) >= 11 is 0. The fourth-order valence-electron chi connectivity index (χ4n) is 1.89. The lowest BCUT2D eigenvalue weighted by Crippen LogP contribution is -2.44. The van der Waals surface area contributed by atoms with Crippen molar-refractivity contribution in [2.45, 2.75) is 32.7 Å². The van der Waals surface area contributed by atoms with Gasteiger partial charge in [0, 0.05) is 12.6 Å². The van der Waals surface area contributed by atoms with E-state index in [2.05, 4.69) is 10.2 Å². The zero-order valence-electron chi connectivity index (χ0n) is 10.1. The SMILES string of the molecule is CN1CCC(NC(=O)C(C)(C)CC(=O)O)C1. The third-order valence-electron chi connectivity index (χ3n) is 2.93. The maximum atomic E-state index is 11.9. The molecule has 0 aromatic rings. The molecule has 1 heterocycles. The number of carboxylic acids is 1. The zero-order chi connectivity index (χ0) is 12.3. The van der Waals surface area contributed by atoms with Crippen molar-refractivity contribution in [1.82, 2.24) is 10.2 Å². The summed E-state index contributed by atoms with van der Waals surface area (Å²) in [6.45, 7) is 5.14. The topological polar surface area (TPSA) is 69.6 Å². The Morgan fingerprint density at radius 3 is 2.56 bits per heavy atom. The Labute approximate surface area is 95.8 Å². The van der Waals surface area contributed by atoms with Gasteiger partial charge in [0.1, 0.15) is 0 Å². The van der Waals surface area contributed by atoms with Crippen molar-refractivity contribution < 1.29 is 14.7 Å². The van der Waals surface area contributed by atoms with E-state index in [0.29, 0.717) is 0 Å². The number of nitrogens with zero attached hydrogens (tertiary/aromatic N) is 1. The third-order valence-corrected chi connectivity index (χ3v) is 2.93. The number of hydrogen-bond acceptors (Lipinski definition) is 3. The molecule has 5 heteroatoms. The van der Waals surface area contributed by atoms with E-state index >= 15 is 0 Å². The Balaban J connectivity index is 2.48. The number of carbonyl (C=O) groups is 2. The molecule has 1 atom stereocenters. The van der Waals surface area contributed by atoms with Crippen molar-refractivity contribution in [1.29, 1.82) is 0 Å². The van der Waals surface area contributed by atoms with Gasteiger partial charge in [-0.1, -0.05) is 13.8 Å². The number of rotatable bonds is 4. The predicted octanol–water partition coefficient (Wildman–Crippen LogP) is 0.308. The van der Waals surface area contributed by atoms with E-state index in [9.17, 15) is 9.59 Å². The molecule has 1 aliphatic heterocycles. The number of carbonyl (C=O) groups excluding carboxylic acids is 1. The van der Waals surface area contributed by atoms with Crippen LogP contribution in [-0.2, 0) is 9.59 Å². The fraction of sp³-hybridized carbons (Fsp3) is 0.818. The zero-order valence-corrected chi connectivity index (χ0v) is 10.1. The van der Waals surface area contributed by atoms with E-state index in [1.54, 1.807) is 13.8 Å². The molecule has 5 nitrogen and oxygen atoms in total. The summed E-state index contributed by atoms with van der Waals surface area (Å²) in [5.74, 6) is -1.11. The highest BCUT2D eigenvalue weighted by atomic mass is 16.4. The minimum Gasteiger partial charge on any atom is -0.481 e. The molecule has 1 saturated heterocycles. The Morgan fingerprint density at radius 2 is 2.12 bits per heavy atom. The molecule has 1 aliphatic rings. The fourth-order valence-corrected chi connectivity index (χ4v) is 1.89. The van der Waals surface area contributed by atoms with E-state index in [1.807, 2.05) is 7.05 Å². The minimum absolute atomic E-state index is 0.138. The maximum absolute atomic E-state index is 11.9. The second kappa shape index (κ2) is 4.82. The van der Waals surface area contributed by atoms with Crippen LogP contribution in [0.5, 0.6) is 0 Å². The molecule has 2 N–H and O–H groups in total. The van der Waals surface area contributed by atoms with Crippen LogP contribution >= 0.6 is 0 Å². The van der Waals surface area contributed by atoms with Gasteiger partial charge in [0.15, 0.2) is 0 Å². The van der Waals surface area contributed by atoms with E-state index in [-0.39, 0.29) is 18.4 Å². The van der Waals surface area contributed by atoms with Crippen LogP contribution in [0.1, 0.15) is 26.7 Å². The largest absolute Gasteiger partial charge is 0.481 e. The molecule has 0 bridgehead atoms. The Kier molecular flexibility index (Phi) is 3.91. The summed E-state index contributed by atoms with van der Waals surface area (Å²) in [6, 6.07) is 0.158. The van der Waals surface area contributed by atoms with Crippen LogP contribution in [0.4, 0.5) is 0 Å². The highest BCUT2D eigenvalue weighted by Crippen LogP contribution is 2.21. The summed E-state index contributed by atoms with van der Waals surface area (Å²) < 4.78 is 0. The van der Waals surface area contributed by atoms with Crippen molar-refractivity contribution in [3.63, 3.8) is 0 Å². The molecule has 1 fully saturated rings. The molecule has 92 valence electrons. The number of amides is 1. The summed E-state index contributed by atoms with van der Waals surface area (Å²) in [7, 11) is 2.01. The normalized spacial score (nSPS) is 22.1. The first-order valence-electron chi connectivity index (χ1n) is 5.52. The highest BCUT2D eigenvalue weighted by Gasteiger charge is 2.32. The van der Waals surface area contributed by atoms with Crippen LogP contribution in [0.25, 0.3) is 0 Å². The number of nitrogens with one attached hydrogen (secondary N) is 1. The van der Waals surface area contributed by atoms with Gasteiger partial charge in [0.2, 0.25) is 5.91 Å². The average Bonchev–Trinajstić information content (AvgIpc) is 2.48. The first-order valence-corrected chi connectivity index (χ1v) is 5.52. The van der Waals surface area contributed by atoms with Gasteiger partial charge < -0.3 is 15.3 Å². The van der Waals surface area contributed by atoms with Gasteiger partial charge in [0.25, 0.3) is 0 Å². The number of likely N-dealkylation sites (tertiary alicyclic amines) is 1. The van der Waals surface area contributed by atoms with Crippen LogP contribution in [0.2, 0.25) is 0 Å². The average molecular weight is 228 g/mol. The second-order valence-electron chi connectivity index (χ2n) is 5.18. The van der Waals surface area contributed by atoms with Crippen molar-refractivity contribution in [3.05, 3.63) is 0 Å². The molecule has 1 rings (SSSR count). The van der Waals surface area contributed by atoms with E-state index < -0.39 is 11.4 Å². The van der Waals surface area contributed by atoms with Gasteiger partial charge in [-0.25, -0.2) is 0 Å². The molecule has 0 aliphatic carbocycles. The van der Waals surface area contributed by atoms with Crippen LogP contribution in [0.3, 0.4) is 0 Å². The summed E-state index contributed by atoms with van der Waals surface area (Å²) in [6.07, 6.45) is 0.798. The molecule has 16 heavy (non-hydrogen) atoms. The summed E-state index contributed by atoms with van der Waals surface area (Å²) in [5.41, 5.74) is -0.840. The van der Waals surface area contributed by atoms with Gasteiger partial charge in [-0.3, -0.25) is 9.59 Å². The monoisotopic (exact) mass is 228 g/mol. The standard InChI is InChI=1S/C11H20N2O3/c1-11(2,6-9(14)15)10(16)12-8-4-5-13(3)7-8/h8H,4-7H2,1-3H3,(H,12,16)(H,14,15). The molecular formula is C11H20N2O3. The molecule has 0 spiro atoms. The molecule has 0 saturated carbocycles. The second-order valence-corrected chi connectivity index (χ2v) is 5.18. The maximum Gasteiger partial charge on any atom is 0.304 e. The molecule has 1 unspecified atom stereocenters. The predicted molar refractivity (Wildman–Crippen MR) is 60.1 cm³/mol. The summed E-state index contributed by atoms with van der Waals surface area (Å²) in [5, 5.41) is 11.6. The number of carboxylic acid groups (broad SMARTS) is 1. The van der Waals surface area contributed by atoms with Crippen molar-refractivity contribution in [2.75, 3.05) is 20.1 Å². The molecule has 0 aromatic heterocycles. The van der Waals surface area contributed by atoms with Gasteiger partial charge in [-0.2, -0.15) is 0 Å². The quantitative estimate of drug-likeness (QED) is 0.726. The van der Waals surface area contributed by atoms with Crippen molar-refractivity contribution in [3.8, 4) is 0 Å². The van der Waals surface area contributed by atoms with Crippen molar-refractivity contribution in [2.24, 2.45) is 5.41 Å². The van der Waals surface area contributed by atoms with Gasteiger partial charge in [0.05, 0.1) is 11.8 Å². The van der Waals surface area contributed by atoms with E-state index in [4.69, 9.17) is 5.11 Å². The first-order chi connectivity index (χ1) is 7.31. The van der Waals surface area contributed by atoms with Crippen LogP contribution < -0.4 is 5.32 Å². The third kappa shape index (κ3) is 3.48. The number of likely N-dealkylation sites (N-methyl/N-ethyl adjacent to an activating group) is 1. The Morgan fingerprint density at radius 1 is 1.50 bits per heavy atom. The molecule has 0 aromatic carbocycles.